The fourth-order valence-corrected chi connectivity index (χ4v) is 4.85. The van der Waals surface area contributed by atoms with Crippen LogP contribution in [-0.2, 0) is 10.0 Å². The quantitative estimate of drug-likeness (QED) is 0.914. The van der Waals surface area contributed by atoms with E-state index in [0.717, 1.165) is 22.4 Å². The molecule has 0 aromatic heterocycles. The van der Waals surface area contributed by atoms with Crippen LogP contribution < -0.4 is 9.62 Å². The van der Waals surface area contributed by atoms with Crippen molar-refractivity contribution < 1.29 is 13.2 Å². The molecule has 1 amide bonds. The first-order chi connectivity index (χ1) is 11.8. The minimum absolute atomic E-state index is 0.158. The minimum atomic E-state index is -3.26. The third kappa shape index (κ3) is 3.54. The third-order valence-electron chi connectivity index (χ3n) is 4.41. The summed E-state index contributed by atoms with van der Waals surface area (Å²) < 4.78 is 25.5. The van der Waals surface area contributed by atoms with E-state index in [1.807, 2.05) is 32.9 Å². The smallest absolute Gasteiger partial charge is 0.255 e. The number of amides is 1. The first-order valence-corrected chi connectivity index (χ1v) is 9.88. The van der Waals surface area contributed by atoms with Crippen LogP contribution in [0.3, 0.4) is 0 Å². The lowest BCUT2D eigenvalue weighted by atomic mass is 10.0. The largest absolute Gasteiger partial charge is 0.322 e. The Bertz CT molecular complexity index is 912. The molecular weight excluding hydrogens is 336 g/mol. The van der Waals surface area contributed by atoms with E-state index in [2.05, 4.69) is 5.32 Å². The van der Waals surface area contributed by atoms with Crippen LogP contribution in [0.1, 0.15) is 33.5 Å². The monoisotopic (exact) mass is 358 g/mol. The van der Waals surface area contributed by atoms with Crippen molar-refractivity contribution in [3.63, 3.8) is 0 Å². The lowest BCUT2D eigenvalue weighted by Crippen LogP contribution is -2.25. The van der Waals surface area contributed by atoms with E-state index in [4.69, 9.17) is 0 Å². The van der Waals surface area contributed by atoms with Gasteiger partial charge in [0.05, 0.1) is 11.4 Å². The highest BCUT2D eigenvalue weighted by atomic mass is 32.2. The van der Waals surface area contributed by atoms with Crippen molar-refractivity contribution in [1.29, 1.82) is 0 Å². The Morgan fingerprint density at radius 2 is 1.76 bits per heavy atom. The number of aryl methyl sites for hydroxylation is 3. The first-order valence-electron chi connectivity index (χ1n) is 8.27. The van der Waals surface area contributed by atoms with Crippen molar-refractivity contribution in [2.24, 2.45) is 0 Å². The number of anilines is 2. The van der Waals surface area contributed by atoms with Crippen molar-refractivity contribution in [3.05, 3.63) is 58.7 Å². The number of carbonyl (C=O) groups excluding carboxylic acids is 1. The number of carbonyl (C=O) groups is 1. The van der Waals surface area contributed by atoms with E-state index in [9.17, 15) is 13.2 Å². The highest BCUT2D eigenvalue weighted by molar-refractivity contribution is 7.93. The predicted molar refractivity (Wildman–Crippen MR) is 101 cm³/mol. The summed E-state index contributed by atoms with van der Waals surface area (Å²) >= 11 is 0. The highest BCUT2D eigenvalue weighted by Gasteiger charge is 2.28. The van der Waals surface area contributed by atoms with Gasteiger partial charge in [0.25, 0.3) is 5.91 Å². The van der Waals surface area contributed by atoms with Crippen molar-refractivity contribution in [3.8, 4) is 0 Å². The molecule has 1 aliphatic rings. The molecule has 3 rings (SSSR count). The Hall–Kier alpha value is -2.34. The lowest BCUT2D eigenvalue weighted by molar-refractivity contribution is 0.102. The summed E-state index contributed by atoms with van der Waals surface area (Å²) in [5, 5.41) is 2.95. The molecule has 2 aromatic carbocycles. The Kier molecular flexibility index (Phi) is 4.56. The summed E-state index contributed by atoms with van der Waals surface area (Å²) in [6.45, 7) is 6.40. The number of benzene rings is 2. The van der Waals surface area contributed by atoms with Gasteiger partial charge in [-0.05, 0) is 56.5 Å². The van der Waals surface area contributed by atoms with Gasteiger partial charge < -0.3 is 5.32 Å². The maximum Gasteiger partial charge on any atom is 0.255 e. The molecule has 0 saturated carbocycles. The summed E-state index contributed by atoms with van der Waals surface area (Å²) in [6.07, 6.45) is 0.612. The second kappa shape index (κ2) is 6.52. The van der Waals surface area contributed by atoms with Gasteiger partial charge in [0.1, 0.15) is 0 Å². The summed E-state index contributed by atoms with van der Waals surface area (Å²) in [7, 11) is -3.26. The van der Waals surface area contributed by atoms with E-state index in [1.54, 1.807) is 24.3 Å². The second-order valence-electron chi connectivity index (χ2n) is 6.52. The Labute approximate surface area is 148 Å². The molecule has 0 atom stereocenters. The number of nitrogens with zero attached hydrogens (tertiary/aromatic N) is 1. The minimum Gasteiger partial charge on any atom is -0.322 e. The van der Waals surface area contributed by atoms with Gasteiger partial charge in [-0.3, -0.25) is 9.10 Å². The van der Waals surface area contributed by atoms with Crippen LogP contribution in [0.2, 0.25) is 0 Å². The molecule has 0 aliphatic carbocycles. The van der Waals surface area contributed by atoms with Crippen LogP contribution in [0.4, 0.5) is 11.4 Å². The number of hydrogen-bond acceptors (Lipinski definition) is 3. The average molecular weight is 358 g/mol. The molecule has 1 saturated heterocycles. The maximum absolute atomic E-state index is 12.7. The van der Waals surface area contributed by atoms with Gasteiger partial charge in [0, 0.05) is 17.8 Å². The molecule has 1 heterocycles. The molecule has 0 unspecified atom stereocenters. The van der Waals surface area contributed by atoms with Gasteiger partial charge in [0.2, 0.25) is 10.0 Å². The zero-order valence-corrected chi connectivity index (χ0v) is 15.5. The highest BCUT2D eigenvalue weighted by Crippen LogP contribution is 2.26. The van der Waals surface area contributed by atoms with Gasteiger partial charge in [0.15, 0.2) is 0 Å². The second-order valence-corrected chi connectivity index (χ2v) is 8.53. The van der Waals surface area contributed by atoms with Crippen LogP contribution >= 0.6 is 0 Å². The van der Waals surface area contributed by atoms with Crippen molar-refractivity contribution in [1.82, 2.24) is 0 Å². The lowest BCUT2D eigenvalue weighted by Gasteiger charge is -2.18. The molecule has 0 spiro atoms. The number of rotatable bonds is 3. The summed E-state index contributed by atoms with van der Waals surface area (Å²) in [5.74, 6) is -0.0842. The molecule has 25 heavy (non-hydrogen) atoms. The zero-order chi connectivity index (χ0) is 18.2. The van der Waals surface area contributed by atoms with Gasteiger partial charge in [-0.15, -0.1) is 0 Å². The van der Waals surface area contributed by atoms with E-state index in [1.165, 1.54) is 4.31 Å². The summed E-state index contributed by atoms with van der Waals surface area (Å²) in [4.78, 5) is 12.7. The molecule has 0 bridgehead atoms. The molecule has 1 fully saturated rings. The number of sulfonamides is 1. The fourth-order valence-electron chi connectivity index (χ4n) is 3.29. The normalized spacial score (nSPS) is 16.0. The summed E-state index contributed by atoms with van der Waals surface area (Å²) in [6, 6.07) is 10.8. The SMILES string of the molecule is Cc1cc(C)c(NC(=O)c2cccc(N3CCCS3(=O)=O)c2)c(C)c1. The number of nitrogens with one attached hydrogen (secondary N) is 1. The van der Waals surface area contributed by atoms with Crippen LogP contribution in [0, 0.1) is 20.8 Å². The van der Waals surface area contributed by atoms with Gasteiger partial charge >= 0.3 is 0 Å². The molecule has 5 nitrogen and oxygen atoms in total. The van der Waals surface area contributed by atoms with E-state index in [-0.39, 0.29) is 11.7 Å². The maximum atomic E-state index is 12.7. The van der Waals surface area contributed by atoms with Gasteiger partial charge in [-0.25, -0.2) is 8.42 Å². The molecule has 0 radical (unpaired) electrons. The Morgan fingerprint density at radius 3 is 2.36 bits per heavy atom. The van der Waals surface area contributed by atoms with Crippen LogP contribution in [0.25, 0.3) is 0 Å². The van der Waals surface area contributed by atoms with Crippen molar-refractivity contribution in [2.45, 2.75) is 27.2 Å². The first kappa shape index (κ1) is 17.5. The number of hydrogen-bond donors (Lipinski definition) is 1. The van der Waals surface area contributed by atoms with Crippen LogP contribution in [0.15, 0.2) is 36.4 Å². The van der Waals surface area contributed by atoms with E-state index >= 15 is 0 Å². The average Bonchev–Trinajstić information content (AvgIpc) is 2.90. The molecule has 1 aliphatic heterocycles. The predicted octanol–water partition coefficient (Wildman–Crippen LogP) is 3.40. The van der Waals surface area contributed by atoms with E-state index in [0.29, 0.717) is 24.2 Å². The Morgan fingerprint density at radius 1 is 1.08 bits per heavy atom. The van der Waals surface area contributed by atoms with Crippen LogP contribution in [0.5, 0.6) is 0 Å². The topological polar surface area (TPSA) is 66.5 Å². The van der Waals surface area contributed by atoms with Crippen LogP contribution in [-0.4, -0.2) is 26.6 Å². The van der Waals surface area contributed by atoms with E-state index < -0.39 is 10.0 Å². The van der Waals surface area contributed by atoms with Crippen molar-refractivity contribution >= 4 is 27.3 Å². The summed E-state index contributed by atoms with van der Waals surface area (Å²) in [5.41, 5.74) is 4.94. The molecule has 2 aromatic rings. The standard InChI is InChI=1S/C19H22N2O3S/c1-13-10-14(2)18(15(3)11-13)20-19(22)16-6-4-7-17(12-16)21-8-5-9-25(21,23)24/h4,6-7,10-12H,5,8-9H2,1-3H3,(H,20,22). The fraction of sp³-hybridized carbons (Fsp3) is 0.316. The van der Waals surface area contributed by atoms with Crippen molar-refractivity contribution in [2.75, 3.05) is 21.9 Å². The van der Waals surface area contributed by atoms with Gasteiger partial charge in [-0.1, -0.05) is 23.8 Å². The molecule has 6 heteroatoms. The molecular formula is C19H22N2O3S. The molecule has 132 valence electrons. The Balaban J connectivity index is 1.88. The zero-order valence-electron chi connectivity index (χ0n) is 14.7. The third-order valence-corrected chi connectivity index (χ3v) is 6.28. The molecule has 1 N–H and O–H groups in total. The van der Waals surface area contributed by atoms with Gasteiger partial charge in [-0.2, -0.15) is 0 Å².